The zero-order chi connectivity index (χ0) is 21.5. The van der Waals surface area contributed by atoms with E-state index in [-0.39, 0.29) is 16.6 Å². The van der Waals surface area contributed by atoms with Crippen LogP contribution in [0.5, 0.6) is 0 Å². The molecule has 1 atom stereocenters. The van der Waals surface area contributed by atoms with E-state index in [0.717, 1.165) is 17.1 Å². The minimum Gasteiger partial charge on any atom is -0.355 e. The van der Waals surface area contributed by atoms with Crippen molar-refractivity contribution in [2.45, 2.75) is 38.0 Å². The maximum Gasteiger partial charge on any atom is 0.246 e. The van der Waals surface area contributed by atoms with E-state index in [4.69, 9.17) is 0 Å². The summed E-state index contributed by atoms with van der Waals surface area (Å²) in [7, 11) is -3.62. The van der Waals surface area contributed by atoms with E-state index in [2.05, 4.69) is 20.5 Å². The third-order valence-corrected chi connectivity index (χ3v) is 7.44. The molecular weight excluding hydrogens is 405 g/mol. The molecule has 1 fully saturated rings. The van der Waals surface area contributed by atoms with Crippen molar-refractivity contribution in [1.29, 1.82) is 0 Å². The summed E-state index contributed by atoms with van der Waals surface area (Å²) >= 11 is 0. The average molecular weight is 430 g/mol. The summed E-state index contributed by atoms with van der Waals surface area (Å²) < 4.78 is 41.2. The normalized spacial score (nSPS) is 17.4. The van der Waals surface area contributed by atoms with Gasteiger partial charge in [-0.25, -0.2) is 12.8 Å². The summed E-state index contributed by atoms with van der Waals surface area (Å²) in [5, 5.41) is 9.97. The maximum atomic E-state index is 13.5. The number of rotatable bonds is 5. The summed E-state index contributed by atoms with van der Waals surface area (Å²) in [4.78, 5) is 4.89. The lowest BCUT2D eigenvalue weighted by atomic mass is 10.0. The summed E-state index contributed by atoms with van der Waals surface area (Å²) in [5.41, 5.74) is 4.11. The van der Waals surface area contributed by atoms with Crippen molar-refractivity contribution in [2.75, 3.05) is 18.4 Å². The second kappa shape index (κ2) is 7.81. The average Bonchev–Trinajstić information content (AvgIpc) is 3.29. The molecule has 0 radical (unpaired) electrons. The number of hydrogen-bond acceptors (Lipinski definition) is 5. The summed E-state index contributed by atoms with van der Waals surface area (Å²) in [6.07, 6.45) is 0.686. The number of pyridine rings is 1. The lowest BCUT2D eigenvalue weighted by molar-refractivity contribution is 0.471. The first-order valence-electron chi connectivity index (χ1n) is 9.77. The number of aromatic nitrogens is 3. The predicted molar refractivity (Wildman–Crippen MR) is 113 cm³/mol. The molecule has 158 valence electrons. The highest BCUT2D eigenvalue weighted by molar-refractivity contribution is 7.89. The molecule has 4 rings (SSSR count). The van der Waals surface area contributed by atoms with E-state index < -0.39 is 10.0 Å². The van der Waals surface area contributed by atoms with Gasteiger partial charge in [0, 0.05) is 41.8 Å². The molecule has 1 saturated heterocycles. The Bertz CT molecular complexity index is 1170. The molecule has 0 spiro atoms. The molecule has 3 aromatic rings. The molecule has 30 heavy (non-hydrogen) atoms. The molecule has 0 amide bonds. The van der Waals surface area contributed by atoms with Crippen LogP contribution in [0.4, 0.5) is 15.8 Å². The summed E-state index contributed by atoms with van der Waals surface area (Å²) in [5.74, 6) is -0.326. The third kappa shape index (κ3) is 3.95. The van der Waals surface area contributed by atoms with Crippen LogP contribution < -0.4 is 5.32 Å². The highest BCUT2D eigenvalue weighted by Crippen LogP contribution is 2.33. The standard InChI is InChI=1S/C21H24FN5O2S/c1-13-9-19(24-18-6-4-5-17(22)10-18)11-20(23-13)16-7-8-27(12-16)30(28,29)21-14(2)25-26-15(21)3/h4-6,9-11,16H,7-8,12H2,1-3H3,(H,23,24)(H,25,26). The molecule has 0 aliphatic carbocycles. The van der Waals surface area contributed by atoms with Crippen LogP contribution in [-0.4, -0.2) is 41.0 Å². The van der Waals surface area contributed by atoms with Gasteiger partial charge < -0.3 is 5.32 Å². The molecule has 7 nitrogen and oxygen atoms in total. The first-order chi connectivity index (χ1) is 14.2. The molecular formula is C21H24FN5O2S. The minimum absolute atomic E-state index is 0.0137. The number of sulfonamides is 1. The molecule has 0 bridgehead atoms. The number of halogens is 1. The van der Waals surface area contributed by atoms with E-state index in [1.807, 2.05) is 19.1 Å². The Morgan fingerprint density at radius 3 is 2.67 bits per heavy atom. The van der Waals surface area contributed by atoms with Gasteiger partial charge in [0.1, 0.15) is 10.7 Å². The molecule has 9 heteroatoms. The van der Waals surface area contributed by atoms with E-state index in [1.165, 1.54) is 16.4 Å². The van der Waals surface area contributed by atoms with Gasteiger partial charge in [-0.05, 0) is 57.5 Å². The minimum atomic E-state index is -3.62. The van der Waals surface area contributed by atoms with Gasteiger partial charge in [0.2, 0.25) is 10.0 Å². The van der Waals surface area contributed by atoms with E-state index >= 15 is 0 Å². The number of H-pyrrole nitrogens is 1. The van der Waals surface area contributed by atoms with Crippen LogP contribution in [0.3, 0.4) is 0 Å². The van der Waals surface area contributed by atoms with Crippen LogP contribution >= 0.6 is 0 Å². The Labute approximate surface area is 175 Å². The SMILES string of the molecule is Cc1cc(Nc2cccc(F)c2)cc(C2CCN(S(=O)(=O)c3c(C)n[nH]c3C)C2)n1. The first-order valence-corrected chi connectivity index (χ1v) is 11.2. The van der Waals surface area contributed by atoms with Crippen LogP contribution in [0, 0.1) is 26.6 Å². The fourth-order valence-corrected chi connectivity index (χ4v) is 5.78. The van der Waals surface area contributed by atoms with Crippen LogP contribution in [-0.2, 0) is 10.0 Å². The Balaban J connectivity index is 1.56. The van der Waals surface area contributed by atoms with Gasteiger partial charge in [0.15, 0.2) is 0 Å². The topological polar surface area (TPSA) is 91.0 Å². The molecule has 0 saturated carbocycles. The molecule has 1 unspecified atom stereocenters. The van der Waals surface area contributed by atoms with Gasteiger partial charge in [0.25, 0.3) is 0 Å². The summed E-state index contributed by atoms with van der Waals surface area (Å²) in [6.45, 7) is 6.09. The molecule has 1 aliphatic heterocycles. The lowest BCUT2D eigenvalue weighted by Crippen LogP contribution is -2.29. The van der Waals surface area contributed by atoms with Crippen molar-refractivity contribution in [2.24, 2.45) is 0 Å². The number of hydrogen-bond donors (Lipinski definition) is 2. The second-order valence-corrected chi connectivity index (χ2v) is 9.54. The van der Waals surface area contributed by atoms with Gasteiger partial charge in [0.05, 0.1) is 11.4 Å². The van der Waals surface area contributed by atoms with Gasteiger partial charge >= 0.3 is 0 Å². The molecule has 1 aromatic carbocycles. The van der Waals surface area contributed by atoms with E-state index in [9.17, 15) is 12.8 Å². The fourth-order valence-electron chi connectivity index (χ4n) is 3.95. The number of benzene rings is 1. The van der Waals surface area contributed by atoms with Crippen LogP contribution in [0.25, 0.3) is 0 Å². The number of nitrogens with one attached hydrogen (secondary N) is 2. The molecule has 2 N–H and O–H groups in total. The van der Waals surface area contributed by atoms with Crippen molar-refractivity contribution in [1.82, 2.24) is 19.5 Å². The number of aromatic amines is 1. The second-order valence-electron chi connectivity index (χ2n) is 7.67. The maximum absolute atomic E-state index is 13.5. The van der Waals surface area contributed by atoms with Gasteiger partial charge in [-0.1, -0.05) is 6.07 Å². The largest absolute Gasteiger partial charge is 0.355 e. The first kappa shape index (κ1) is 20.5. The van der Waals surface area contributed by atoms with Crippen molar-refractivity contribution in [3.05, 3.63) is 65.0 Å². The number of nitrogens with zero attached hydrogens (tertiary/aromatic N) is 3. The monoisotopic (exact) mass is 429 g/mol. The third-order valence-electron chi connectivity index (χ3n) is 5.31. The zero-order valence-corrected chi connectivity index (χ0v) is 17.9. The summed E-state index contributed by atoms with van der Waals surface area (Å²) in [6, 6.07) is 10.0. The van der Waals surface area contributed by atoms with Crippen molar-refractivity contribution >= 4 is 21.4 Å². The van der Waals surface area contributed by atoms with Crippen LogP contribution in [0.1, 0.15) is 35.1 Å². The number of anilines is 2. The quantitative estimate of drug-likeness (QED) is 0.644. The van der Waals surface area contributed by atoms with Crippen molar-refractivity contribution in [3.63, 3.8) is 0 Å². The van der Waals surface area contributed by atoms with Gasteiger partial charge in [-0.2, -0.15) is 9.40 Å². The predicted octanol–water partition coefficient (Wildman–Crippen LogP) is 3.79. The Morgan fingerprint density at radius 1 is 1.17 bits per heavy atom. The number of aryl methyl sites for hydroxylation is 3. The van der Waals surface area contributed by atoms with Crippen molar-refractivity contribution in [3.8, 4) is 0 Å². The molecule has 3 heterocycles. The van der Waals surface area contributed by atoms with E-state index in [0.29, 0.717) is 36.6 Å². The van der Waals surface area contributed by atoms with Crippen molar-refractivity contribution < 1.29 is 12.8 Å². The lowest BCUT2D eigenvalue weighted by Gasteiger charge is -2.17. The smallest absolute Gasteiger partial charge is 0.246 e. The van der Waals surface area contributed by atoms with Gasteiger partial charge in [-0.3, -0.25) is 10.1 Å². The van der Waals surface area contributed by atoms with Crippen LogP contribution in [0.15, 0.2) is 41.3 Å². The highest BCUT2D eigenvalue weighted by Gasteiger charge is 2.36. The molecule has 1 aliphatic rings. The fraction of sp³-hybridized carbons (Fsp3) is 0.333. The Hall–Kier alpha value is -2.78. The van der Waals surface area contributed by atoms with E-state index in [1.54, 1.807) is 26.0 Å². The highest BCUT2D eigenvalue weighted by atomic mass is 32.2. The zero-order valence-electron chi connectivity index (χ0n) is 17.1. The van der Waals surface area contributed by atoms with Crippen LogP contribution in [0.2, 0.25) is 0 Å². The van der Waals surface area contributed by atoms with Gasteiger partial charge in [-0.15, -0.1) is 0 Å². The Kier molecular flexibility index (Phi) is 5.33. The Morgan fingerprint density at radius 2 is 1.97 bits per heavy atom. The molecule has 2 aromatic heterocycles.